The van der Waals surface area contributed by atoms with Crippen molar-refractivity contribution in [1.29, 1.82) is 0 Å². The third-order valence-corrected chi connectivity index (χ3v) is 3.65. The fourth-order valence-corrected chi connectivity index (χ4v) is 2.60. The number of amides is 1. The lowest BCUT2D eigenvalue weighted by atomic mass is 10.1. The van der Waals surface area contributed by atoms with Crippen LogP contribution in [0.2, 0.25) is 0 Å². The Labute approximate surface area is 140 Å². The highest BCUT2D eigenvalue weighted by atomic mass is 32.1. The normalized spacial score (nSPS) is 14.3. The Morgan fingerprint density at radius 2 is 2.22 bits per heavy atom. The lowest BCUT2D eigenvalue weighted by molar-refractivity contribution is 0.189. The molecular weight excluding hydrogens is 314 g/mol. The molecule has 1 heterocycles. The lowest BCUT2D eigenvalue weighted by Crippen LogP contribution is -2.50. The molecule has 23 heavy (non-hydrogen) atoms. The molecule has 2 rings (SSSR count). The van der Waals surface area contributed by atoms with Gasteiger partial charge in [-0.2, -0.15) is 0 Å². The first-order valence-electron chi connectivity index (χ1n) is 7.25. The molecule has 0 aliphatic carbocycles. The van der Waals surface area contributed by atoms with Crippen LogP contribution in [-0.2, 0) is 6.42 Å². The molecule has 1 aromatic carbocycles. The molecule has 0 saturated heterocycles. The number of hydrogen-bond acceptors (Lipinski definition) is 3. The fourth-order valence-electron chi connectivity index (χ4n) is 2.36. The number of hydrogen-bond donors (Lipinski definition) is 4. The number of anilines is 1. The van der Waals surface area contributed by atoms with Gasteiger partial charge in [0.25, 0.3) is 0 Å². The Balaban J connectivity index is 2.03. The van der Waals surface area contributed by atoms with Crippen molar-refractivity contribution in [1.82, 2.24) is 10.6 Å². The van der Waals surface area contributed by atoms with Crippen molar-refractivity contribution < 1.29 is 14.6 Å². The number of ether oxygens (including phenoxy) is 1. The molecule has 6 nitrogen and oxygen atoms in total. The van der Waals surface area contributed by atoms with Gasteiger partial charge in [0.15, 0.2) is 5.11 Å². The van der Waals surface area contributed by atoms with Crippen molar-refractivity contribution in [2.45, 2.75) is 32.4 Å². The van der Waals surface area contributed by atoms with Crippen molar-refractivity contribution in [2.75, 3.05) is 11.9 Å². The molecule has 1 aliphatic heterocycles. The van der Waals surface area contributed by atoms with Gasteiger partial charge in [0, 0.05) is 17.7 Å². The molecule has 1 aromatic rings. The van der Waals surface area contributed by atoms with E-state index >= 15 is 0 Å². The Bertz CT molecular complexity index is 666. The average molecular weight is 333 g/mol. The smallest absolute Gasteiger partial charge is 0.404 e. The van der Waals surface area contributed by atoms with Crippen LogP contribution in [0.15, 0.2) is 18.2 Å². The van der Waals surface area contributed by atoms with Gasteiger partial charge in [0.1, 0.15) is 11.8 Å². The van der Waals surface area contributed by atoms with Crippen LogP contribution >= 0.6 is 12.2 Å². The first-order valence-corrected chi connectivity index (χ1v) is 7.66. The zero-order valence-electron chi connectivity index (χ0n) is 13.0. The van der Waals surface area contributed by atoms with E-state index in [1.807, 2.05) is 18.2 Å². The molecular formula is C16H19N3O3S. The molecule has 4 N–H and O–H groups in total. The van der Waals surface area contributed by atoms with Crippen molar-refractivity contribution in [3.05, 3.63) is 23.8 Å². The van der Waals surface area contributed by atoms with E-state index < -0.39 is 18.2 Å². The Morgan fingerprint density at radius 3 is 2.91 bits per heavy atom. The maximum Gasteiger partial charge on any atom is 0.404 e. The van der Waals surface area contributed by atoms with Crippen LogP contribution in [0.4, 0.5) is 10.5 Å². The van der Waals surface area contributed by atoms with Gasteiger partial charge in [-0.15, -0.1) is 5.92 Å². The number of rotatable bonds is 4. The third kappa shape index (κ3) is 4.50. The second-order valence-electron chi connectivity index (χ2n) is 5.09. The highest BCUT2D eigenvalue weighted by molar-refractivity contribution is 7.80. The van der Waals surface area contributed by atoms with E-state index in [0.717, 1.165) is 23.4 Å². The summed E-state index contributed by atoms with van der Waals surface area (Å²) in [5.74, 6) is 6.56. The van der Waals surface area contributed by atoms with Crippen molar-refractivity contribution >= 4 is 29.1 Å². The zero-order chi connectivity index (χ0) is 16.8. The van der Waals surface area contributed by atoms with Crippen LogP contribution < -0.4 is 20.7 Å². The highest BCUT2D eigenvalue weighted by Crippen LogP contribution is 2.31. The summed E-state index contributed by atoms with van der Waals surface area (Å²) in [7, 11) is 0. The second-order valence-corrected chi connectivity index (χ2v) is 5.50. The third-order valence-electron chi connectivity index (χ3n) is 3.43. The Kier molecular flexibility index (Phi) is 5.66. The predicted molar refractivity (Wildman–Crippen MR) is 92.9 cm³/mol. The van der Waals surface area contributed by atoms with Gasteiger partial charge in [0.05, 0.1) is 12.6 Å². The van der Waals surface area contributed by atoms with Crippen molar-refractivity contribution in [3.8, 4) is 17.6 Å². The standard InChI is InChI=1S/C16H19N3O3S/c1-3-5-12(10(2)17-16(20)21)18-15(23)19-13-6-4-7-14-11(13)8-9-22-14/h4,6-7,10,12,17H,8-9H2,1-2H3,(H,20,21)(H2,18,19,23). The minimum atomic E-state index is -1.10. The van der Waals surface area contributed by atoms with Gasteiger partial charge < -0.3 is 25.8 Å². The van der Waals surface area contributed by atoms with Crippen LogP contribution in [0.3, 0.4) is 0 Å². The predicted octanol–water partition coefficient (Wildman–Crippen LogP) is 1.96. The summed E-state index contributed by atoms with van der Waals surface area (Å²) in [4.78, 5) is 10.8. The molecule has 0 fully saturated rings. The van der Waals surface area contributed by atoms with Crippen LogP contribution in [0, 0.1) is 11.8 Å². The first-order chi connectivity index (χ1) is 11.0. The lowest BCUT2D eigenvalue weighted by Gasteiger charge is -2.22. The molecule has 122 valence electrons. The molecule has 1 aliphatic rings. The van der Waals surface area contributed by atoms with E-state index in [2.05, 4.69) is 27.8 Å². The molecule has 0 spiro atoms. The van der Waals surface area contributed by atoms with Crippen LogP contribution in [-0.4, -0.2) is 35.0 Å². The summed E-state index contributed by atoms with van der Waals surface area (Å²) >= 11 is 5.32. The van der Waals surface area contributed by atoms with Crippen LogP contribution in [0.25, 0.3) is 0 Å². The summed E-state index contributed by atoms with van der Waals surface area (Å²) in [5, 5.41) is 17.8. The van der Waals surface area contributed by atoms with E-state index in [-0.39, 0.29) is 0 Å². The number of thiocarbonyl (C=S) groups is 1. The van der Waals surface area contributed by atoms with Gasteiger partial charge in [-0.25, -0.2) is 4.79 Å². The summed E-state index contributed by atoms with van der Waals surface area (Å²) in [6, 6.07) is 4.91. The van der Waals surface area contributed by atoms with Crippen molar-refractivity contribution in [2.24, 2.45) is 0 Å². The topological polar surface area (TPSA) is 82.6 Å². The van der Waals surface area contributed by atoms with Crippen LogP contribution in [0.1, 0.15) is 19.4 Å². The van der Waals surface area contributed by atoms with Gasteiger partial charge in [0.2, 0.25) is 0 Å². The van der Waals surface area contributed by atoms with Crippen LogP contribution in [0.5, 0.6) is 5.75 Å². The number of benzene rings is 1. The van der Waals surface area contributed by atoms with Crippen molar-refractivity contribution in [3.63, 3.8) is 0 Å². The minimum Gasteiger partial charge on any atom is -0.493 e. The minimum absolute atomic E-state index is 0.386. The molecule has 2 unspecified atom stereocenters. The maximum absolute atomic E-state index is 10.8. The Morgan fingerprint density at radius 1 is 1.43 bits per heavy atom. The molecule has 1 amide bonds. The number of nitrogens with one attached hydrogen (secondary N) is 3. The highest BCUT2D eigenvalue weighted by Gasteiger charge is 2.20. The van der Waals surface area contributed by atoms with E-state index in [9.17, 15) is 4.79 Å². The van der Waals surface area contributed by atoms with Gasteiger partial charge in [-0.1, -0.05) is 12.0 Å². The van der Waals surface area contributed by atoms with E-state index in [1.165, 1.54) is 0 Å². The first kappa shape index (κ1) is 16.9. The molecule has 0 radical (unpaired) electrons. The second kappa shape index (κ2) is 7.70. The maximum atomic E-state index is 10.8. The SMILES string of the molecule is CC#CC(NC(=S)Nc1cccc2c1CCO2)C(C)NC(=O)O. The number of carbonyl (C=O) groups is 1. The van der Waals surface area contributed by atoms with Gasteiger partial charge in [-0.05, 0) is 38.2 Å². The van der Waals surface area contributed by atoms with E-state index in [0.29, 0.717) is 11.7 Å². The molecule has 0 saturated carbocycles. The zero-order valence-corrected chi connectivity index (χ0v) is 13.8. The quantitative estimate of drug-likeness (QED) is 0.498. The van der Waals surface area contributed by atoms with E-state index in [1.54, 1.807) is 13.8 Å². The van der Waals surface area contributed by atoms with E-state index in [4.69, 9.17) is 22.1 Å². The summed E-state index contributed by atoms with van der Waals surface area (Å²) in [6.07, 6.45) is -0.268. The monoisotopic (exact) mass is 333 g/mol. The molecule has 2 atom stereocenters. The summed E-state index contributed by atoms with van der Waals surface area (Å²) in [5.41, 5.74) is 1.98. The Hall–Kier alpha value is -2.46. The molecule has 0 aromatic heterocycles. The molecule has 0 bridgehead atoms. The largest absolute Gasteiger partial charge is 0.493 e. The number of fused-ring (bicyclic) bond motifs is 1. The average Bonchev–Trinajstić information content (AvgIpc) is 2.95. The van der Waals surface area contributed by atoms with Gasteiger partial charge in [-0.3, -0.25) is 0 Å². The summed E-state index contributed by atoms with van der Waals surface area (Å²) < 4.78 is 5.52. The van der Waals surface area contributed by atoms with Gasteiger partial charge >= 0.3 is 6.09 Å². The fraction of sp³-hybridized carbons (Fsp3) is 0.375. The summed E-state index contributed by atoms with van der Waals surface area (Å²) in [6.45, 7) is 4.09. The molecule has 7 heteroatoms. The number of carboxylic acid groups (broad SMARTS) is 1.